The number of carbonyl (C=O) groups is 2. The van der Waals surface area contributed by atoms with Crippen molar-refractivity contribution in [1.82, 2.24) is 10.2 Å². The Bertz CT molecular complexity index is 324. The highest BCUT2D eigenvalue weighted by molar-refractivity contribution is 5.75. The van der Waals surface area contributed by atoms with E-state index in [9.17, 15) is 9.59 Å². The molecule has 0 rings (SSSR count). The molecule has 2 N–H and O–H groups in total. The molecule has 0 aliphatic rings. The number of aliphatic hydroxyl groups excluding tert-OH is 1. The van der Waals surface area contributed by atoms with Gasteiger partial charge in [-0.3, -0.25) is 14.5 Å². The van der Waals surface area contributed by atoms with Crippen molar-refractivity contribution < 1.29 is 19.4 Å². The van der Waals surface area contributed by atoms with Crippen LogP contribution < -0.4 is 5.32 Å². The molecule has 6 heteroatoms. The fourth-order valence-electron chi connectivity index (χ4n) is 2.51. The lowest BCUT2D eigenvalue weighted by Crippen LogP contribution is -2.37. The number of rotatable bonds is 16. The zero-order valence-electron chi connectivity index (χ0n) is 15.5. The average molecular weight is 344 g/mol. The topological polar surface area (TPSA) is 78.9 Å². The molecule has 0 bridgehead atoms. The Hall–Kier alpha value is -1.14. The number of unbranched alkanes of at least 4 members (excludes halogenated alkanes) is 6. The molecule has 1 amide bonds. The van der Waals surface area contributed by atoms with Crippen molar-refractivity contribution in [2.75, 3.05) is 39.9 Å². The SMILES string of the molecule is CCCCCCCCCC(=O)NCCN(CCO)CCC(=O)OC. The molecule has 0 unspecified atom stereocenters. The van der Waals surface area contributed by atoms with Crippen LogP contribution in [0.25, 0.3) is 0 Å². The van der Waals surface area contributed by atoms with Crippen molar-refractivity contribution in [2.24, 2.45) is 0 Å². The van der Waals surface area contributed by atoms with Gasteiger partial charge in [-0.05, 0) is 6.42 Å². The molecule has 0 aliphatic heterocycles. The van der Waals surface area contributed by atoms with Crippen LogP contribution in [0.15, 0.2) is 0 Å². The lowest BCUT2D eigenvalue weighted by Gasteiger charge is -2.20. The molecule has 142 valence electrons. The Morgan fingerprint density at radius 2 is 1.62 bits per heavy atom. The highest BCUT2D eigenvalue weighted by Gasteiger charge is 2.08. The average Bonchev–Trinajstić information content (AvgIpc) is 2.58. The molecule has 0 fully saturated rings. The van der Waals surface area contributed by atoms with Crippen molar-refractivity contribution in [2.45, 2.75) is 64.7 Å². The van der Waals surface area contributed by atoms with Gasteiger partial charge in [0.1, 0.15) is 0 Å². The van der Waals surface area contributed by atoms with Crippen LogP contribution in [-0.4, -0.2) is 61.8 Å². The summed E-state index contributed by atoms with van der Waals surface area (Å²) < 4.78 is 4.61. The third-order valence-electron chi connectivity index (χ3n) is 4.03. The molecule has 0 aromatic rings. The molecule has 0 saturated heterocycles. The normalized spacial score (nSPS) is 10.8. The third-order valence-corrected chi connectivity index (χ3v) is 4.03. The molecule has 0 aliphatic carbocycles. The maximum absolute atomic E-state index is 11.8. The largest absolute Gasteiger partial charge is 0.469 e. The van der Waals surface area contributed by atoms with Gasteiger partial charge in [-0.15, -0.1) is 0 Å². The van der Waals surface area contributed by atoms with E-state index in [1.54, 1.807) is 0 Å². The summed E-state index contributed by atoms with van der Waals surface area (Å²) in [5, 5.41) is 11.9. The molecule has 0 radical (unpaired) electrons. The van der Waals surface area contributed by atoms with Gasteiger partial charge in [0.05, 0.1) is 20.1 Å². The van der Waals surface area contributed by atoms with Gasteiger partial charge < -0.3 is 15.2 Å². The van der Waals surface area contributed by atoms with Gasteiger partial charge in [0.15, 0.2) is 0 Å². The van der Waals surface area contributed by atoms with Crippen LogP contribution in [0.1, 0.15) is 64.7 Å². The molecule has 0 atom stereocenters. The summed E-state index contributed by atoms with van der Waals surface area (Å²) in [4.78, 5) is 24.9. The van der Waals surface area contributed by atoms with Crippen LogP contribution in [0.2, 0.25) is 0 Å². The van der Waals surface area contributed by atoms with Gasteiger partial charge in [0.2, 0.25) is 5.91 Å². The fourth-order valence-corrected chi connectivity index (χ4v) is 2.51. The van der Waals surface area contributed by atoms with Gasteiger partial charge >= 0.3 is 5.97 Å². The van der Waals surface area contributed by atoms with Crippen molar-refractivity contribution >= 4 is 11.9 Å². The summed E-state index contributed by atoms with van der Waals surface area (Å²) in [7, 11) is 1.36. The Morgan fingerprint density at radius 1 is 0.958 bits per heavy atom. The molecular formula is C18H36N2O4. The summed E-state index contributed by atoms with van der Waals surface area (Å²) >= 11 is 0. The molecule has 0 aromatic carbocycles. The second-order valence-electron chi connectivity index (χ2n) is 6.11. The minimum Gasteiger partial charge on any atom is -0.469 e. The second-order valence-corrected chi connectivity index (χ2v) is 6.11. The van der Waals surface area contributed by atoms with E-state index in [0.717, 1.165) is 12.8 Å². The minimum absolute atomic E-state index is 0.0349. The van der Waals surface area contributed by atoms with Gasteiger partial charge in [-0.2, -0.15) is 0 Å². The smallest absolute Gasteiger partial charge is 0.306 e. The van der Waals surface area contributed by atoms with E-state index in [0.29, 0.717) is 39.0 Å². The molecule has 24 heavy (non-hydrogen) atoms. The van der Waals surface area contributed by atoms with Crippen LogP contribution in [0.4, 0.5) is 0 Å². The Kier molecular flexibility index (Phi) is 15.9. The number of nitrogens with zero attached hydrogens (tertiary/aromatic N) is 1. The molecule has 0 saturated carbocycles. The van der Waals surface area contributed by atoms with Gasteiger partial charge in [0.25, 0.3) is 0 Å². The van der Waals surface area contributed by atoms with Crippen LogP contribution in [0.3, 0.4) is 0 Å². The standard InChI is InChI=1S/C18H36N2O4/c1-3-4-5-6-7-8-9-10-17(22)19-12-14-20(15-16-21)13-11-18(23)24-2/h21H,3-16H2,1-2H3,(H,19,22). The number of hydrogen-bond acceptors (Lipinski definition) is 5. The van der Waals surface area contributed by atoms with Gasteiger partial charge in [-0.25, -0.2) is 0 Å². The number of ether oxygens (including phenoxy) is 1. The highest BCUT2D eigenvalue weighted by Crippen LogP contribution is 2.08. The summed E-state index contributed by atoms with van der Waals surface area (Å²) in [6.07, 6.45) is 9.29. The molecular weight excluding hydrogens is 308 g/mol. The van der Waals surface area contributed by atoms with E-state index in [1.165, 1.54) is 39.2 Å². The summed E-state index contributed by atoms with van der Waals surface area (Å²) in [6.45, 7) is 4.43. The predicted octanol–water partition coefficient (Wildman–Crippen LogP) is 2.10. The zero-order chi connectivity index (χ0) is 18.0. The third kappa shape index (κ3) is 14.5. The highest BCUT2D eigenvalue weighted by atomic mass is 16.5. The first-order valence-electron chi connectivity index (χ1n) is 9.30. The summed E-state index contributed by atoms with van der Waals surface area (Å²) in [5.41, 5.74) is 0. The quantitative estimate of drug-likeness (QED) is 0.331. The first-order valence-corrected chi connectivity index (χ1v) is 9.30. The van der Waals surface area contributed by atoms with Crippen molar-refractivity contribution in [3.8, 4) is 0 Å². The van der Waals surface area contributed by atoms with Gasteiger partial charge in [0, 0.05) is 32.6 Å². The van der Waals surface area contributed by atoms with E-state index in [4.69, 9.17) is 5.11 Å². The van der Waals surface area contributed by atoms with Crippen LogP contribution in [0, 0.1) is 0 Å². The molecule has 6 nitrogen and oxygen atoms in total. The van der Waals surface area contributed by atoms with Crippen molar-refractivity contribution in [3.05, 3.63) is 0 Å². The first-order chi connectivity index (χ1) is 11.6. The molecule has 0 aromatic heterocycles. The zero-order valence-corrected chi connectivity index (χ0v) is 15.5. The Morgan fingerprint density at radius 3 is 2.25 bits per heavy atom. The monoisotopic (exact) mass is 344 g/mol. The van der Waals surface area contributed by atoms with E-state index in [1.807, 2.05) is 4.90 Å². The van der Waals surface area contributed by atoms with Crippen LogP contribution in [-0.2, 0) is 14.3 Å². The Balaban J connectivity index is 3.66. The van der Waals surface area contributed by atoms with Crippen LogP contribution in [0.5, 0.6) is 0 Å². The minimum atomic E-state index is -0.263. The first kappa shape index (κ1) is 22.9. The molecule has 0 spiro atoms. The van der Waals surface area contributed by atoms with Crippen LogP contribution >= 0.6 is 0 Å². The number of aliphatic hydroxyl groups is 1. The number of esters is 1. The summed E-state index contributed by atoms with van der Waals surface area (Å²) in [6, 6.07) is 0. The predicted molar refractivity (Wildman–Crippen MR) is 95.8 cm³/mol. The van der Waals surface area contributed by atoms with E-state index >= 15 is 0 Å². The lowest BCUT2D eigenvalue weighted by molar-refractivity contribution is -0.141. The number of carbonyl (C=O) groups excluding carboxylic acids is 2. The van der Waals surface area contributed by atoms with E-state index in [-0.39, 0.29) is 18.5 Å². The maximum atomic E-state index is 11.8. The molecule has 0 heterocycles. The van der Waals surface area contributed by atoms with Crippen molar-refractivity contribution in [3.63, 3.8) is 0 Å². The number of methoxy groups -OCH3 is 1. The second kappa shape index (κ2) is 16.7. The lowest BCUT2D eigenvalue weighted by atomic mass is 10.1. The van der Waals surface area contributed by atoms with Crippen molar-refractivity contribution in [1.29, 1.82) is 0 Å². The number of amides is 1. The fraction of sp³-hybridized carbons (Fsp3) is 0.889. The summed E-state index contributed by atoms with van der Waals surface area (Å²) in [5.74, 6) is -0.179. The van der Waals surface area contributed by atoms with Gasteiger partial charge in [-0.1, -0.05) is 45.4 Å². The van der Waals surface area contributed by atoms with E-state index in [2.05, 4.69) is 17.0 Å². The number of hydrogen-bond donors (Lipinski definition) is 2. The maximum Gasteiger partial charge on any atom is 0.306 e. The Labute approximate surface area is 146 Å². The van der Waals surface area contributed by atoms with E-state index < -0.39 is 0 Å². The number of nitrogens with one attached hydrogen (secondary N) is 1.